The Bertz CT molecular complexity index is 306. The Morgan fingerprint density at radius 2 is 2.36 bits per heavy atom. The number of nitrogens with one attached hydrogen (secondary N) is 1. The first kappa shape index (κ1) is 10.1. The predicted molar refractivity (Wildman–Crippen MR) is 60.8 cm³/mol. The molecule has 1 atom stereocenters. The summed E-state index contributed by atoms with van der Waals surface area (Å²) in [5, 5.41) is 4.88. The molecule has 14 heavy (non-hydrogen) atoms. The highest BCUT2D eigenvalue weighted by molar-refractivity contribution is 7.11. The zero-order valence-corrected chi connectivity index (χ0v) is 9.78. The number of aryl methyl sites for hydroxylation is 1. The van der Waals surface area contributed by atoms with Crippen molar-refractivity contribution >= 4 is 11.3 Å². The SMILES string of the molecule is CCCc1nc2c(s1)C(CC)NCC2. The van der Waals surface area contributed by atoms with Gasteiger partial charge in [0.25, 0.3) is 0 Å². The Morgan fingerprint density at radius 1 is 1.50 bits per heavy atom. The molecule has 0 fully saturated rings. The largest absolute Gasteiger partial charge is 0.309 e. The third-order valence-electron chi connectivity index (χ3n) is 2.71. The lowest BCUT2D eigenvalue weighted by Crippen LogP contribution is -2.28. The van der Waals surface area contributed by atoms with Gasteiger partial charge in [-0.3, -0.25) is 0 Å². The molecule has 2 rings (SSSR count). The van der Waals surface area contributed by atoms with Crippen LogP contribution < -0.4 is 5.32 Å². The van der Waals surface area contributed by atoms with Gasteiger partial charge in [0.1, 0.15) is 0 Å². The third-order valence-corrected chi connectivity index (χ3v) is 3.98. The molecule has 0 radical (unpaired) electrons. The summed E-state index contributed by atoms with van der Waals surface area (Å²) >= 11 is 1.92. The van der Waals surface area contributed by atoms with Gasteiger partial charge in [-0.05, 0) is 19.3 Å². The molecule has 3 heteroatoms. The van der Waals surface area contributed by atoms with E-state index in [1.54, 1.807) is 0 Å². The summed E-state index contributed by atoms with van der Waals surface area (Å²) in [5.41, 5.74) is 1.36. The van der Waals surface area contributed by atoms with Crippen molar-refractivity contribution in [3.05, 3.63) is 15.6 Å². The van der Waals surface area contributed by atoms with Gasteiger partial charge in [-0.2, -0.15) is 0 Å². The van der Waals surface area contributed by atoms with Gasteiger partial charge in [-0.15, -0.1) is 11.3 Å². The highest BCUT2D eigenvalue weighted by Gasteiger charge is 2.22. The maximum Gasteiger partial charge on any atom is 0.0931 e. The first-order chi connectivity index (χ1) is 6.85. The third kappa shape index (κ3) is 1.84. The molecule has 0 saturated carbocycles. The minimum atomic E-state index is 0.571. The summed E-state index contributed by atoms with van der Waals surface area (Å²) in [6, 6.07) is 0.571. The molecule has 1 N–H and O–H groups in total. The van der Waals surface area contributed by atoms with Crippen LogP contribution in [0.5, 0.6) is 0 Å². The van der Waals surface area contributed by atoms with Crippen LogP contribution in [0.25, 0.3) is 0 Å². The second-order valence-electron chi connectivity index (χ2n) is 3.83. The summed E-state index contributed by atoms with van der Waals surface area (Å²) in [5.74, 6) is 0. The number of fused-ring (bicyclic) bond motifs is 1. The molecule has 0 saturated heterocycles. The minimum Gasteiger partial charge on any atom is -0.309 e. The lowest BCUT2D eigenvalue weighted by atomic mass is 10.1. The van der Waals surface area contributed by atoms with E-state index in [-0.39, 0.29) is 0 Å². The zero-order chi connectivity index (χ0) is 9.97. The summed E-state index contributed by atoms with van der Waals surface area (Å²) in [6.07, 6.45) is 4.65. The van der Waals surface area contributed by atoms with E-state index in [1.807, 2.05) is 11.3 Å². The number of nitrogens with zero attached hydrogens (tertiary/aromatic N) is 1. The summed E-state index contributed by atoms with van der Waals surface area (Å²) < 4.78 is 0. The molecule has 0 aromatic carbocycles. The average molecular weight is 210 g/mol. The monoisotopic (exact) mass is 210 g/mol. The zero-order valence-electron chi connectivity index (χ0n) is 8.97. The number of hydrogen-bond donors (Lipinski definition) is 1. The van der Waals surface area contributed by atoms with Gasteiger partial charge < -0.3 is 5.32 Å². The van der Waals surface area contributed by atoms with Crippen LogP contribution >= 0.6 is 11.3 Å². The van der Waals surface area contributed by atoms with E-state index in [9.17, 15) is 0 Å². The molecule has 2 heterocycles. The Kier molecular flexibility index (Phi) is 3.19. The molecular formula is C11H18N2S. The fourth-order valence-electron chi connectivity index (χ4n) is 1.97. The van der Waals surface area contributed by atoms with Crippen molar-refractivity contribution in [3.8, 4) is 0 Å². The van der Waals surface area contributed by atoms with Crippen molar-refractivity contribution in [2.45, 2.75) is 45.6 Å². The summed E-state index contributed by atoms with van der Waals surface area (Å²) in [4.78, 5) is 6.22. The van der Waals surface area contributed by atoms with Gasteiger partial charge in [-0.25, -0.2) is 4.98 Å². The first-order valence-electron chi connectivity index (χ1n) is 5.57. The maximum atomic E-state index is 4.72. The van der Waals surface area contributed by atoms with E-state index in [2.05, 4.69) is 19.2 Å². The number of aromatic nitrogens is 1. The van der Waals surface area contributed by atoms with Crippen LogP contribution in [-0.4, -0.2) is 11.5 Å². The molecule has 1 aromatic heterocycles. The quantitative estimate of drug-likeness (QED) is 0.829. The molecule has 0 bridgehead atoms. The van der Waals surface area contributed by atoms with Crippen LogP contribution in [0.1, 0.15) is 48.3 Å². The molecule has 1 aromatic rings. The van der Waals surface area contributed by atoms with Gasteiger partial charge in [0, 0.05) is 23.9 Å². The van der Waals surface area contributed by atoms with Crippen LogP contribution in [0.4, 0.5) is 0 Å². The fraction of sp³-hybridized carbons (Fsp3) is 0.727. The van der Waals surface area contributed by atoms with Crippen molar-refractivity contribution in [1.29, 1.82) is 0 Å². The first-order valence-corrected chi connectivity index (χ1v) is 6.38. The molecule has 1 aliphatic heterocycles. The van der Waals surface area contributed by atoms with E-state index in [1.165, 1.54) is 28.4 Å². The molecule has 0 aliphatic carbocycles. The standard InChI is InChI=1S/C11H18N2S/c1-3-5-10-13-9-6-7-12-8(4-2)11(9)14-10/h8,12H,3-7H2,1-2H3. The number of hydrogen-bond acceptors (Lipinski definition) is 3. The van der Waals surface area contributed by atoms with Crippen LogP contribution in [0.2, 0.25) is 0 Å². The topological polar surface area (TPSA) is 24.9 Å². The van der Waals surface area contributed by atoms with Crippen molar-refractivity contribution in [3.63, 3.8) is 0 Å². The highest BCUT2D eigenvalue weighted by atomic mass is 32.1. The molecular weight excluding hydrogens is 192 g/mol. The van der Waals surface area contributed by atoms with E-state index in [0.29, 0.717) is 6.04 Å². The summed E-state index contributed by atoms with van der Waals surface area (Å²) in [6.45, 7) is 5.56. The average Bonchev–Trinajstić information content (AvgIpc) is 2.60. The van der Waals surface area contributed by atoms with Gasteiger partial charge in [0.2, 0.25) is 0 Å². The molecule has 0 spiro atoms. The van der Waals surface area contributed by atoms with E-state index in [0.717, 1.165) is 19.4 Å². The Hall–Kier alpha value is -0.410. The Balaban J connectivity index is 2.24. The fourth-order valence-corrected chi connectivity index (χ4v) is 3.35. The minimum absolute atomic E-state index is 0.571. The lowest BCUT2D eigenvalue weighted by Gasteiger charge is -2.21. The predicted octanol–water partition coefficient (Wildman–Crippen LogP) is 2.69. The van der Waals surface area contributed by atoms with Crippen molar-refractivity contribution < 1.29 is 0 Å². The smallest absolute Gasteiger partial charge is 0.0931 e. The second kappa shape index (κ2) is 4.41. The van der Waals surface area contributed by atoms with Crippen molar-refractivity contribution in [1.82, 2.24) is 10.3 Å². The number of thiazole rings is 1. The van der Waals surface area contributed by atoms with Gasteiger partial charge in [-0.1, -0.05) is 13.8 Å². The van der Waals surface area contributed by atoms with Crippen LogP contribution in [0.15, 0.2) is 0 Å². The molecule has 1 unspecified atom stereocenters. The van der Waals surface area contributed by atoms with Gasteiger partial charge >= 0.3 is 0 Å². The molecule has 1 aliphatic rings. The van der Waals surface area contributed by atoms with Gasteiger partial charge in [0.15, 0.2) is 0 Å². The highest BCUT2D eigenvalue weighted by Crippen LogP contribution is 2.31. The van der Waals surface area contributed by atoms with E-state index < -0.39 is 0 Å². The van der Waals surface area contributed by atoms with Crippen molar-refractivity contribution in [2.75, 3.05) is 6.54 Å². The second-order valence-corrected chi connectivity index (χ2v) is 4.95. The van der Waals surface area contributed by atoms with Crippen LogP contribution in [0.3, 0.4) is 0 Å². The van der Waals surface area contributed by atoms with E-state index in [4.69, 9.17) is 4.98 Å². The molecule has 78 valence electrons. The van der Waals surface area contributed by atoms with Crippen LogP contribution in [0, 0.1) is 0 Å². The number of rotatable bonds is 3. The maximum absolute atomic E-state index is 4.72. The molecule has 0 amide bonds. The Labute approximate surface area is 89.8 Å². The normalized spacial score (nSPS) is 20.9. The summed E-state index contributed by atoms with van der Waals surface area (Å²) in [7, 11) is 0. The van der Waals surface area contributed by atoms with E-state index >= 15 is 0 Å². The van der Waals surface area contributed by atoms with Gasteiger partial charge in [0.05, 0.1) is 10.7 Å². The molecule has 2 nitrogen and oxygen atoms in total. The van der Waals surface area contributed by atoms with Crippen molar-refractivity contribution in [2.24, 2.45) is 0 Å². The Morgan fingerprint density at radius 3 is 3.07 bits per heavy atom. The lowest BCUT2D eigenvalue weighted by molar-refractivity contribution is 0.497. The van der Waals surface area contributed by atoms with Crippen LogP contribution in [-0.2, 0) is 12.8 Å².